The molecule has 3 amide bonds. The van der Waals surface area contributed by atoms with Gasteiger partial charge in [0.25, 0.3) is 0 Å². The largest absolute Gasteiger partial charge is 0.332 e. The molecule has 1 heterocycles. The SMILES string of the molecule is O=C(CSc1nncn1-c1ccccc1)NC(=O)NC12CC3CC(CC(C3)C1)C2. The van der Waals surface area contributed by atoms with E-state index >= 15 is 0 Å². The lowest BCUT2D eigenvalue weighted by Gasteiger charge is -2.56. The van der Waals surface area contributed by atoms with Crippen LogP contribution in [0.5, 0.6) is 0 Å². The van der Waals surface area contributed by atoms with Crippen LogP contribution in [0.3, 0.4) is 0 Å². The number of para-hydroxylation sites is 1. The number of rotatable bonds is 5. The van der Waals surface area contributed by atoms with Crippen molar-refractivity contribution in [3.63, 3.8) is 0 Å². The zero-order valence-electron chi connectivity index (χ0n) is 16.2. The average Bonchev–Trinajstić information content (AvgIpc) is 3.14. The van der Waals surface area contributed by atoms with Gasteiger partial charge in [0, 0.05) is 11.2 Å². The third-order valence-corrected chi connectivity index (χ3v) is 7.50. The maximum absolute atomic E-state index is 12.5. The standard InChI is InChI=1S/C21H25N5O2S/c27-18(12-29-20-25-22-13-26(20)17-4-2-1-3-5-17)23-19(28)24-21-9-14-6-15(10-21)8-16(7-14)11-21/h1-5,13-16H,6-12H2,(H2,23,24,27,28). The summed E-state index contributed by atoms with van der Waals surface area (Å²) in [6.45, 7) is 0. The highest BCUT2D eigenvalue weighted by Gasteiger charge is 2.51. The molecule has 4 bridgehead atoms. The van der Waals surface area contributed by atoms with Crippen LogP contribution >= 0.6 is 11.8 Å². The summed E-state index contributed by atoms with van der Waals surface area (Å²) in [6, 6.07) is 9.36. The number of hydrogen-bond acceptors (Lipinski definition) is 5. The lowest BCUT2D eigenvalue weighted by Crippen LogP contribution is -2.61. The zero-order valence-corrected chi connectivity index (χ0v) is 17.0. The monoisotopic (exact) mass is 411 g/mol. The first-order valence-electron chi connectivity index (χ1n) is 10.3. The van der Waals surface area contributed by atoms with Crippen molar-refractivity contribution in [2.75, 3.05) is 5.75 Å². The van der Waals surface area contributed by atoms with Gasteiger partial charge in [-0.05, 0) is 68.4 Å². The molecule has 29 heavy (non-hydrogen) atoms. The van der Waals surface area contributed by atoms with Crippen LogP contribution in [-0.4, -0.2) is 38.0 Å². The van der Waals surface area contributed by atoms with E-state index in [4.69, 9.17) is 0 Å². The quantitative estimate of drug-likeness (QED) is 0.738. The minimum Gasteiger partial charge on any atom is -0.332 e. The van der Waals surface area contributed by atoms with Crippen LogP contribution < -0.4 is 10.6 Å². The molecule has 4 saturated carbocycles. The number of imide groups is 1. The van der Waals surface area contributed by atoms with Crippen LogP contribution in [0.15, 0.2) is 41.8 Å². The van der Waals surface area contributed by atoms with E-state index in [1.54, 1.807) is 6.33 Å². The van der Waals surface area contributed by atoms with Gasteiger partial charge in [-0.1, -0.05) is 30.0 Å². The van der Waals surface area contributed by atoms with Crippen LogP contribution in [0.1, 0.15) is 38.5 Å². The predicted octanol–water partition coefficient (Wildman–Crippen LogP) is 3.15. The third-order valence-electron chi connectivity index (χ3n) is 6.55. The van der Waals surface area contributed by atoms with Crippen molar-refractivity contribution in [1.29, 1.82) is 0 Å². The Labute approximate surface area is 174 Å². The molecule has 1 aromatic carbocycles. The second-order valence-electron chi connectivity index (χ2n) is 8.81. The molecule has 4 fully saturated rings. The minimum absolute atomic E-state index is 0.0975. The summed E-state index contributed by atoms with van der Waals surface area (Å²) >= 11 is 1.27. The fourth-order valence-corrected chi connectivity index (χ4v) is 6.65. The van der Waals surface area contributed by atoms with Gasteiger partial charge in [0.15, 0.2) is 5.16 Å². The molecule has 0 saturated heterocycles. The summed E-state index contributed by atoms with van der Waals surface area (Å²) in [4.78, 5) is 24.8. The molecule has 0 radical (unpaired) electrons. The van der Waals surface area contributed by atoms with Gasteiger partial charge in [-0.2, -0.15) is 0 Å². The van der Waals surface area contributed by atoms with E-state index in [-0.39, 0.29) is 23.2 Å². The fraction of sp³-hybridized carbons (Fsp3) is 0.524. The number of benzene rings is 1. The van der Waals surface area contributed by atoms with E-state index in [1.807, 2.05) is 34.9 Å². The Morgan fingerprint density at radius 1 is 1.07 bits per heavy atom. The second kappa shape index (κ2) is 7.48. The van der Waals surface area contributed by atoms with Gasteiger partial charge in [-0.25, -0.2) is 4.79 Å². The lowest BCUT2D eigenvalue weighted by atomic mass is 9.53. The van der Waals surface area contributed by atoms with Crippen LogP contribution in [0.4, 0.5) is 4.79 Å². The van der Waals surface area contributed by atoms with Crippen molar-refractivity contribution in [1.82, 2.24) is 25.4 Å². The Bertz CT molecular complexity index is 878. The zero-order chi connectivity index (χ0) is 19.8. The number of thioether (sulfide) groups is 1. The van der Waals surface area contributed by atoms with Gasteiger partial charge in [0.05, 0.1) is 5.75 Å². The fourth-order valence-electron chi connectivity index (χ4n) is 5.92. The number of carbonyl (C=O) groups excluding carboxylic acids is 2. The molecule has 0 atom stereocenters. The van der Waals surface area contributed by atoms with Crippen molar-refractivity contribution < 1.29 is 9.59 Å². The Morgan fingerprint density at radius 2 is 1.72 bits per heavy atom. The number of carbonyl (C=O) groups is 2. The third kappa shape index (κ3) is 3.90. The molecule has 4 aliphatic rings. The molecule has 0 unspecified atom stereocenters. The van der Waals surface area contributed by atoms with Crippen molar-refractivity contribution in [2.45, 2.75) is 49.2 Å². The number of aromatic nitrogens is 3. The smallest absolute Gasteiger partial charge is 0.321 e. The maximum Gasteiger partial charge on any atom is 0.321 e. The van der Waals surface area contributed by atoms with Crippen LogP contribution in [0.2, 0.25) is 0 Å². The summed E-state index contributed by atoms with van der Waals surface area (Å²) in [5.41, 5.74) is 0.833. The molecular weight excluding hydrogens is 386 g/mol. The minimum atomic E-state index is -0.359. The average molecular weight is 412 g/mol. The molecule has 7 nitrogen and oxygen atoms in total. The van der Waals surface area contributed by atoms with Crippen molar-refractivity contribution in [3.05, 3.63) is 36.7 Å². The lowest BCUT2D eigenvalue weighted by molar-refractivity contribution is -0.117. The molecule has 0 aliphatic heterocycles. The second-order valence-corrected chi connectivity index (χ2v) is 9.75. The molecule has 4 aliphatic carbocycles. The molecule has 8 heteroatoms. The first-order valence-corrected chi connectivity index (χ1v) is 11.3. The van der Waals surface area contributed by atoms with Crippen molar-refractivity contribution >= 4 is 23.7 Å². The highest BCUT2D eigenvalue weighted by molar-refractivity contribution is 7.99. The molecule has 152 valence electrons. The highest BCUT2D eigenvalue weighted by Crippen LogP contribution is 2.55. The summed E-state index contributed by atoms with van der Waals surface area (Å²) < 4.78 is 1.83. The van der Waals surface area contributed by atoms with Gasteiger partial charge in [-0.3, -0.25) is 14.7 Å². The van der Waals surface area contributed by atoms with Crippen LogP contribution in [0, 0.1) is 17.8 Å². The summed E-state index contributed by atoms with van der Waals surface area (Å²) in [6.07, 6.45) is 8.77. The summed E-state index contributed by atoms with van der Waals surface area (Å²) in [5.74, 6) is 2.03. The van der Waals surface area contributed by atoms with E-state index in [2.05, 4.69) is 20.8 Å². The Kier molecular flexibility index (Phi) is 4.81. The van der Waals surface area contributed by atoms with Gasteiger partial charge in [0.2, 0.25) is 5.91 Å². The topological polar surface area (TPSA) is 88.9 Å². The maximum atomic E-state index is 12.5. The van der Waals surface area contributed by atoms with E-state index in [0.717, 1.165) is 42.7 Å². The Balaban J connectivity index is 1.15. The number of nitrogens with zero attached hydrogens (tertiary/aromatic N) is 3. The summed E-state index contributed by atoms with van der Waals surface area (Å²) in [5, 5.41) is 14.3. The summed E-state index contributed by atoms with van der Waals surface area (Å²) in [7, 11) is 0. The van der Waals surface area contributed by atoms with E-state index < -0.39 is 0 Å². The van der Waals surface area contributed by atoms with Gasteiger partial charge in [-0.15, -0.1) is 10.2 Å². The molecule has 1 aromatic heterocycles. The highest BCUT2D eigenvalue weighted by atomic mass is 32.2. The van der Waals surface area contributed by atoms with Gasteiger partial charge < -0.3 is 5.32 Å². The van der Waals surface area contributed by atoms with Crippen LogP contribution in [0.25, 0.3) is 5.69 Å². The molecule has 6 rings (SSSR count). The van der Waals surface area contributed by atoms with Crippen LogP contribution in [-0.2, 0) is 4.79 Å². The number of nitrogens with one attached hydrogen (secondary N) is 2. The van der Waals surface area contributed by atoms with E-state index in [0.29, 0.717) is 5.16 Å². The van der Waals surface area contributed by atoms with Crippen molar-refractivity contribution in [3.8, 4) is 5.69 Å². The predicted molar refractivity (Wildman–Crippen MR) is 110 cm³/mol. The normalized spacial score (nSPS) is 29.6. The number of urea groups is 1. The van der Waals surface area contributed by atoms with Gasteiger partial charge in [0.1, 0.15) is 6.33 Å². The van der Waals surface area contributed by atoms with E-state index in [1.165, 1.54) is 31.0 Å². The van der Waals surface area contributed by atoms with E-state index in [9.17, 15) is 9.59 Å². The van der Waals surface area contributed by atoms with Gasteiger partial charge >= 0.3 is 6.03 Å². The molecule has 2 N–H and O–H groups in total. The molecular formula is C21H25N5O2S. The number of hydrogen-bond donors (Lipinski definition) is 2. The molecule has 0 spiro atoms. The molecule has 2 aromatic rings. The Morgan fingerprint density at radius 3 is 2.38 bits per heavy atom. The first kappa shape index (κ1) is 18.7. The number of amides is 3. The van der Waals surface area contributed by atoms with Crippen molar-refractivity contribution in [2.24, 2.45) is 17.8 Å². The Hall–Kier alpha value is -2.35. The first-order chi connectivity index (χ1) is 14.1.